The number of phosphoric acid groups is 1. The summed E-state index contributed by atoms with van der Waals surface area (Å²) in [4.78, 5) is 35.2. The lowest BCUT2D eigenvalue weighted by atomic mass is 10.3. The van der Waals surface area contributed by atoms with Crippen LogP contribution in [0.3, 0.4) is 0 Å². The summed E-state index contributed by atoms with van der Waals surface area (Å²) in [5.74, 6) is 0. The van der Waals surface area contributed by atoms with Crippen molar-refractivity contribution < 1.29 is 24.2 Å². The number of nitro groups is 1. The number of benzene rings is 1. The zero-order valence-corrected chi connectivity index (χ0v) is 7.63. The fraction of sp³-hybridized carbons (Fsp3) is 0. The van der Waals surface area contributed by atoms with E-state index in [-0.39, 0.29) is 5.69 Å². The summed E-state index contributed by atoms with van der Waals surface area (Å²) in [5, 5.41) is 10.0. The van der Waals surface area contributed by atoms with Gasteiger partial charge in [0.15, 0.2) is 0 Å². The second kappa shape index (κ2) is 5.46. The van der Waals surface area contributed by atoms with Gasteiger partial charge in [0.1, 0.15) is 0 Å². The standard InChI is InChI=1S/C6H5NO2.H3O4P/c8-7(9)6-4-2-1-3-5-6;1-5(2,3)4/h1-5H;(H3,1,2,3,4)/p-3. The maximum Gasteiger partial charge on any atom is 0.269 e. The van der Waals surface area contributed by atoms with Crippen molar-refractivity contribution in [3.8, 4) is 0 Å². The van der Waals surface area contributed by atoms with E-state index in [0.717, 1.165) is 0 Å². The zero-order valence-electron chi connectivity index (χ0n) is 6.73. The van der Waals surface area contributed by atoms with Gasteiger partial charge in [-0.15, -0.1) is 0 Å². The van der Waals surface area contributed by atoms with Gasteiger partial charge in [0, 0.05) is 12.1 Å². The molecule has 0 heterocycles. The molecule has 0 aliphatic carbocycles. The Labute approximate surface area is 79.0 Å². The van der Waals surface area contributed by atoms with Gasteiger partial charge in [-0.25, -0.2) is 0 Å². The first-order valence-electron chi connectivity index (χ1n) is 3.23. The van der Waals surface area contributed by atoms with E-state index in [1.54, 1.807) is 18.2 Å². The Morgan fingerprint density at radius 3 is 1.64 bits per heavy atom. The van der Waals surface area contributed by atoms with E-state index >= 15 is 0 Å². The molecule has 0 N–H and O–H groups in total. The van der Waals surface area contributed by atoms with Crippen molar-refractivity contribution in [2.24, 2.45) is 0 Å². The summed E-state index contributed by atoms with van der Waals surface area (Å²) in [7, 11) is -5.39. The summed E-state index contributed by atoms with van der Waals surface area (Å²) in [6, 6.07) is 7.93. The number of hydrogen-bond acceptors (Lipinski definition) is 6. The van der Waals surface area contributed by atoms with Crippen LogP contribution in [0.1, 0.15) is 0 Å². The molecular formula is C6H5NO6P-3. The molecule has 7 nitrogen and oxygen atoms in total. The lowest BCUT2D eigenvalue weighted by Crippen LogP contribution is -2.24. The third kappa shape index (κ3) is 8.82. The third-order valence-electron chi connectivity index (χ3n) is 0.967. The minimum atomic E-state index is -5.39. The molecule has 1 aromatic carbocycles. The van der Waals surface area contributed by atoms with E-state index in [0.29, 0.717) is 0 Å². The number of rotatable bonds is 1. The van der Waals surface area contributed by atoms with Gasteiger partial charge in [-0.1, -0.05) is 18.2 Å². The van der Waals surface area contributed by atoms with Crippen molar-refractivity contribution in [2.45, 2.75) is 0 Å². The molecule has 0 spiro atoms. The Hall–Kier alpha value is -1.27. The summed E-state index contributed by atoms with van der Waals surface area (Å²) >= 11 is 0. The van der Waals surface area contributed by atoms with Gasteiger partial charge in [0.05, 0.1) is 4.92 Å². The number of para-hydroxylation sites is 1. The SMILES string of the molecule is O=P([O-])([O-])[O-].O=[N+]([O-])c1ccccc1. The van der Waals surface area contributed by atoms with Crippen LogP contribution in [0, 0.1) is 10.1 Å². The highest BCUT2D eigenvalue weighted by atomic mass is 31.2. The molecule has 0 bridgehead atoms. The highest BCUT2D eigenvalue weighted by molar-refractivity contribution is 7.40. The van der Waals surface area contributed by atoms with Gasteiger partial charge in [0.2, 0.25) is 0 Å². The fourth-order valence-electron chi connectivity index (χ4n) is 0.550. The van der Waals surface area contributed by atoms with Crippen LogP contribution < -0.4 is 14.7 Å². The predicted molar refractivity (Wildman–Crippen MR) is 40.7 cm³/mol. The Morgan fingerprint density at radius 2 is 1.43 bits per heavy atom. The molecular weight excluding hydrogens is 213 g/mol. The van der Waals surface area contributed by atoms with Gasteiger partial charge >= 0.3 is 0 Å². The highest BCUT2D eigenvalue weighted by Gasteiger charge is 1.98. The van der Waals surface area contributed by atoms with Crippen LogP contribution in [0.5, 0.6) is 0 Å². The molecule has 0 atom stereocenters. The van der Waals surface area contributed by atoms with Gasteiger partial charge in [-0.3, -0.25) is 10.1 Å². The van der Waals surface area contributed by atoms with Crippen LogP contribution in [0.4, 0.5) is 5.69 Å². The highest BCUT2D eigenvalue weighted by Crippen LogP contribution is 2.06. The Bertz CT molecular complexity index is 325. The molecule has 8 heteroatoms. The molecule has 0 unspecified atom stereocenters. The van der Waals surface area contributed by atoms with E-state index in [1.807, 2.05) is 0 Å². The molecule has 14 heavy (non-hydrogen) atoms. The number of hydrogen-bond donors (Lipinski definition) is 0. The number of nitro benzene ring substituents is 1. The lowest BCUT2D eigenvalue weighted by Gasteiger charge is -2.36. The fourth-order valence-corrected chi connectivity index (χ4v) is 0.550. The van der Waals surface area contributed by atoms with Crippen LogP contribution in [-0.4, -0.2) is 4.92 Å². The van der Waals surface area contributed by atoms with Crippen molar-refractivity contribution in [2.75, 3.05) is 0 Å². The molecule has 0 aliphatic heterocycles. The topological polar surface area (TPSA) is 129 Å². The van der Waals surface area contributed by atoms with E-state index < -0.39 is 12.7 Å². The van der Waals surface area contributed by atoms with Crippen LogP contribution in [0.15, 0.2) is 30.3 Å². The number of non-ortho nitro benzene ring substituents is 1. The zero-order chi connectivity index (χ0) is 11.2. The van der Waals surface area contributed by atoms with Crippen molar-refractivity contribution in [3.05, 3.63) is 40.4 Å². The normalized spacial score (nSPS) is 9.93. The summed E-state index contributed by atoms with van der Waals surface area (Å²) in [6.45, 7) is 0. The third-order valence-corrected chi connectivity index (χ3v) is 0.967. The van der Waals surface area contributed by atoms with E-state index in [2.05, 4.69) is 0 Å². The molecule has 0 aliphatic rings. The van der Waals surface area contributed by atoms with Gasteiger partial charge in [-0.2, -0.15) is 7.82 Å². The van der Waals surface area contributed by atoms with Gasteiger partial charge in [-0.05, 0) is 0 Å². The second-order valence-corrected chi connectivity index (χ2v) is 2.93. The first-order valence-corrected chi connectivity index (χ1v) is 4.69. The van der Waals surface area contributed by atoms with Crippen LogP contribution in [0.2, 0.25) is 0 Å². The number of nitrogens with zero attached hydrogens (tertiary/aromatic N) is 1. The molecule has 0 saturated carbocycles. The molecule has 0 radical (unpaired) electrons. The minimum Gasteiger partial charge on any atom is -0.822 e. The molecule has 1 rings (SSSR count). The molecule has 0 saturated heterocycles. The van der Waals surface area contributed by atoms with Gasteiger partial charge in [0.25, 0.3) is 5.69 Å². The molecule has 1 aromatic rings. The lowest BCUT2D eigenvalue weighted by molar-refractivity contribution is -0.432. The summed E-state index contributed by atoms with van der Waals surface area (Å²) in [6.07, 6.45) is 0. The van der Waals surface area contributed by atoms with Crippen molar-refractivity contribution in [1.29, 1.82) is 0 Å². The predicted octanol–water partition coefficient (Wildman–Crippen LogP) is -1.23. The van der Waals surface area contributed by atoms with Crippen LogP contribution in [0.25, 0.3) is 0 Å². The largest absolute Gasteiger partial charge is 0.822 e. The van der Waals surface area contributed by atoms with E-state index in [4.69, 9.17) is 19.2 Å². The first kappa shape index (κ1) is 12.7. The van der Waals surface area contributed by atoms with Gasteiger partial charge < -0.3 is 19.2 Å². The second-order valence-electron chi connectivity index (χ2n) is 2.04. The average molecular weight is 218 g/mol. The molecule has 0 amide bonds. The van der Waals surface area contributed by atoms with Crippen molar-refractivity contribution in [3.63, 3.8) is 0 Å². The van der Waals surface area contributed by atoms with Crippen molar-refractivity contribution in [1.82, 2.24) is 0 Å². The molecule has 0 aromatic heterocycles. The Morgan fingerprint density at radius 1 is 1.07 bits per heavy atom. The Kier molecular flexibility index (Phi) is 4.96. The summed E-state index contributed by atoms with van der Waals surface area (Å²) in [5.41, 5.74) is 0.137. The van der Waals surface area contributed by atoms with E-state index in [1.165, 1.54) is 12.1 Å². The van der Waals surface area contributed by atoms with Crippen LogP contribution >= 0.6 is 7.82 Å². The molecule has 0 fully saturated rings. The van der Waals surface area contributed by atoms with Crippen molar-refractivity contribution >= 4 is 13.5 Å². The summed E-state index contributed by atoms with van der Waals surface area (Å²) < 4.78 is 8.55. The van der Waals surface area contributed by atoms with Crippen LogP contribution in [-0.2, 0) is 4.57 Å². The maximum absolute atomic E-state index is 10.0. The quantitative estimate of drug-likeness (QED) is 0.329. The Balaban J connectivity index is 0.000000292. The monoisotopic (exact) mass is 218 g/mol. The average Bonchev–Trinajstić information content (AvgIpc) is 2.03. The minimum absolute atomic E-state index is 0.137. The smallest absolute Gasteiger partial charge is 0.269 e. The van der Waals surface area contributed by atoms with E-state index in [9.17, 15) is 10.1 Å². The maximum atomic E-state index is 10.0. The first-order chi connectivity index (χ1) is 6.30. The molecule has 78 valence electrons.